The Morgan fingerprint density at radius 1 is 1.33 bits per heavy atom. The number of piperidine rings is 2. The van der Waals surface area contributed by atoms with Gasteiger partial charge in [-0.3, -0.25) is 4.90 Å². The fraction of sp³-hybridized carbons (Fsp3) is 0.714. The van der Waals surface area contributed by atoms with Crippen LogP contribution in [0.25, 0.3) is 0 Å². The SMILES string of the molecule is CCC1C[C@H]2CC3C1N(CCC1(C)c4cc(OC)ccc4NC31)C2. The van der Waals surface area contributed by atoms with E-state index < -0.39 is 0 Å². The van der Waals surface area contributed by atoms with Crippen LogP contribution in [0, 0.1) is 17.8 Å². The van der Waals surface area contributed by atoms with E-state index in [2.05, 4.69) is 42.3 Å². The molecule has 0 radical (unpaired) electrons. The summed E-state index contributed by atoms with van der Waals surface area (Å²) in [6.45, 7) is 7.52. The van der Waals surface area contributed by atoms with Crippen molar-refractivity contribution in [2.45, 2.75) is 57.0 Å². The minimum atomic E-state index is 0.242. The molecule has 1 aromatic carbocycles. The third-order valence-corrected chi connectivity index (χ3v) is 7.79. The fourth-order valence-corrected chi connectivity index (χ4v) is 6.68. The van der Waals surface area contributed by atoms with Crippen molar-refractivity contribution in [1.29, 1.82) is 0 Å². The number of ether oxygens (including phenoxy) is 1. The Morgan fingerprint density at radius 3 is 3.00 bits per heavy atom. The number of anilines is 1. The molecule has 4 fully saturated rings. The smallest absolute Gasteiger partial charge is 0.119 e. The van der Waals surface area contributed by atoms with Crippen molar-refractivity contribution < 1.29 is 4.74 Å². The van der Waals surface area contributed by atoms with Crippen molar-refractivity contribution in [1.82, 2.24) is 4.90 Å². The molecule has 1 saturated carbocycles. The van der Waals surface area contributed by atoms with Crippen LogP contribution in [0.1, 0.15) is 45.1 Å². The second-order valence-corrected chi connectivity index (χ2v) is 8.86. The number of benzene rings is 1. The van der Waals surface area contributed by atoms with Crippen LogP contribution in [0.5, 0.6) is 5.75 Å². The quantitative estimate of drug-likeness (QED) is 0.892. The van der Waals surface area contributed by atoms with Gasteiger partial charge in [-0.15, -0.1) is 0 Å². The Labute approximate surface area is 145 Å². The van der Waals surface area contributed by atoms with E-state index in [0.29, 0.717) is 6.04 Å². The summed E-state index contributed by atoms with van der Waals surface area (Å²) in [6, 6.07) is 8.03. The summed E-state index contributed by atoms with van der Waals surface area (Å²) in [5.74, 6) is 3.63. The molecule has 0 aromatic heterocycles. The van der Waals surface area contributed by atoms with Crippen LogP contribution < -0.4 is 10.1 Å². The van der Waals surface area contributed by atoms with Crippen molar-refractivity contribution in [2.75, 3.05) is 25.5 Å². The molecule has 1 N–H and O–H groups in total. The minimum absolute atomic E-state index is 0.242. The summed E-state index contributed by atoms with van der Waals surface area (Å²) in [5, 5.41) is 3.97. The van der Waals surface area contributed by atoms with Crippen LogP contribution in [-0.4, -0.2) is 37.2 Å². The molecular formula is C21H30N2O. The maximum Gasteiger partial charge on any atom is 0.119 e. The van der Waals surface area contributed by atoms with E-state index in [4.69, 9.17) is 4.74 Å². The Kier molecular flexibility index (Phi) is 3.23. The van der Waals surface area contributed by atoms with Gasteiger partial charge < -0.3 is 10.1 Å². The summed E-state index contributed by atoms with van der Waals surface area (Å²) >= 11 is 0. The summed E-state index contributed by atoms with van der Waals surface area (Å²) in [5.41, 5.74) is 3.09. The number of hydrogen-bond acceptors (Lipinski definition) is 3. The Hall–Kier alpha value is -1.22. The molecule has 4 aliphatic heterocycles. The molecular weight excluding hydrogens is 296 g/mol. The van der Waals surface area contributed by atoms with Gasteiger partial charge in [0.05, 0.1) is 7.11 Å². The van der Waals surface area contributed by atoms with E-state index in [1.54, 1.807) is 7.11 Å². The molecule has 0 spiro atoms. The Balaban J connectivity index is 1.58. The maximum absolute atomic E-state index is 5.53. The van der Waals surface area contributed by atoms with Crippen LogP contribution in [0.3, 0.4) is 0 Å². The van der Waals surface area contributed by atoms with Crippen LogP contribution in [-0.2, 0) is 5.41 Å². The molecule has 1 aliphatic carbocycles. The lowest BCUT2D eigenvalue weighted by atomic mass is 9.61. The van der Waals surface area contributed by atoms with Gasteiger partial charge >= 0.3 is 0 Å². The first-order valence-corrected chi connectivity index (χ1v) is 9.83. The average molecular weight is 326 g/mol. The van der Waals surface area contributed by atoms with Gasteiger partial charge in [-0.25, -0.2) is 0 Å². The second kappa shape index (κ2) is 5.14. The summed E-state index contributed by atoms with van der Waals surface area (Å²) in [4.78, 5) is 2.86. The fourth-order valence-electron chi connectivity index (χ4n) is 6.68. The number of nitrogens with one attached hydrogen (secondary N) is 1. The first-order valence-electron chi connectivity index (χ1n) is 9.83. The van der Waals surface area contributed by atoms with E-state index in [1.807, 2.05) is 0 Å². The van der Waals surface area contributed by atoms with Gasteiger partial charge in [0.1, 0.15) is 5.75 Å². The zero-order chi connectivity index (χ0) is 16.5. The van der Waals surface area contributed by atoms with Crippen molar-refractivity contribution in [3.05, 3.63) is 23.8 Å². The molecule has 24 heavy (non-hydrogen) atoms. The molecule has 5 aliphatic rings. The van der Waals surface area contributed by atoms with E-state index in [0.717, 1.165) is 29.5 Å². The highest BCUT2D eigenvalue weighted by Crippen LogP contribution is 2.56. The summed E-state index contributed by atoms with van der Waals surface area (Å²) in [6.07, 6.45) is 5.51. The first-order chi connectivity index (χ1) is 11.6. The van der Waals surface area contributed by atoms with Crippen molar-refractivity contribution in [3.63, 3.8) is 0 Å². The highest BCUT2D eigenvalue weighted by molar-refractivity contribution is 5.64. The third-order valence-electron chi connectivity index (χ3n) is 7.79. The van der Waals surface area contributed by atoms with Crippen LogP contribution >= 0.6 is 0 Å². The van der Waals surface area contributed by atoms with Gasteiger partial charge in [0.25, 0.3) is 0 Å². The standard InChI is InChI=1S/C21H30N2O/c1-4-14-9-13-10-16-19(14)23(12-13)8-7-21(2)17-11-15(24-3)5-6-18(17)22-20(16)21/h5-6,11,13-14,16,19-20,22H,4,7-10,12H2,1-3H3/t13-,14?,16?,19?,20?,21?/m0/s1. The van der Waals surface area contributed by atoms with Gasteiger partial charge in [-0.05, 0) is 67.3 Å². The predicted octanol–water partition coefficient (Wildman–Crippen LogP) is 3.89. The number of nitrogens with zero attached hydrogens (tertiary/aromatic N) is 1. The van der Waals surface area contributed by atoms with Crippen molar-refractivity contribution >= 4 is 5.69 Å². The van der Waals surface area contributed by atoms with Gasteiger partial charge in [-0.1, -0.05) is 20.3 Å². The molecule has 6 rings (SSSR count). The molecule has 3 nitrogen and oxygen atoms in total. The van der Waals surface area contributed by atoms with E-state index in [-0.39, 0.29) is 5.41 Å². The van der Waals surface area contributed by atoms with Crippen LogP contribution in [0.4, 0.5) is 5.69 Å². The van der Waals surface area contributed by atoms with E-state index >= 15 is 0 Å². The van der Waals surface area contributed by atoms with Gasteiger partial charge in [0, 0.05) is 29.7 Å². The third kappa shape index (κ3) is 1.88. The highest BCUT2D eigenvalue weighted by Gasteiger charge is 2.57. The predicted molar refractivity (Wildman–Crippen MR) is 97.7 cm³/mol. The highest BCUT2D eigenvalue weighted by atomic mass is 16.5. The summed E-state index contributed by atoms with van der Waals surface area (Å²) in [7, 11) is 1.78. The molecule has 4 bridgehead atoms. The van der Waals surface area contributed by atoms with E-state index in [9.17, 15) is 0 Å². The molecule has 3 heteroatoms. The molecule has 7 atom stereocenters. The molecule has 6 unspecified atom stereocenters. The lowest BCUT2D eigenvalue weighted by Crippen LogP contribution is -2.60. The van der Waals surface area contributed by atoms with E-state index in [1.165, 1.54) is 50.0 Å². The van der Waals surface area contributed by atoms with Gasteiger partial charge in [0.2, 0.25) is 0 Å². The zero-order valence-electron chi connectivity index (χ0n) is 15.2. The Morgan fingerprint density at radius 2 is 2.21 bits per heavy atom. The molecule has 0 amide bonds. The second-order valence-electron chi connectivity index (χ2n) is 8.86. The number of fused-ring (bicyclic) bond motifs is 4. The van der Waals surface area contributed by atoms with Crippen LogP contribution in [0.2, 0.25) is 0 Å². The molecule has 4 heterocycles. The lowest BCUT2D eigenvalue weighted by Gasteiger charge is -2.55. The molecule has 130 valence electrons. The number of methoxy groups -OCH3 is 1. The number of rotatable bonds is 2. The van der Waals surface area contributed by atoms with Gasteiger partial charge in [0.15, 0.2) is 0 Å². The van der Waals surface area contributed by atoms with Crippen molar-refractivity contribution in [3.8, 4) is 5.75 Å². The maximum atomic E-state index is 5.53. The Bertz CT molecular complexity index is 659. The molecule has 1 aromatic rings. The zero-order valence-corrected chi connectivity index (χ0v) is 15.2. The minimum Gasteiger partial charge on any atom is -0.497 e. The average Bonchev–Trinajstić information content (AvgIpc) is 2.88. The normalized spacial score (nSPS) is 45.1. The lowest BCUT2D eigenvalue weighted by molar-refractivity contribution is -0.0392. The molecule has 3 saturated heterocycles. The van der Waals surface area contributed by atoms with Crippen molar-refractivity contribution in [2.24, 2.45) is 17.8 Å². The van der Waals surface area contributed by atoms with Gasteiger partial charge in [-0.2, -0.15) is 0 Å². The topological polar surface area (TPSA) is 24.5 Å². The summed E-state index contributed by atoms with van der Waals surface area (Å²) < 4.78 is 5.53. The monoisotopic (exact) mass is 326 g/mol. The number of hydrogen-bond donors (Lipinski definition) is 1. The first kappa shape index (κ1) is 15.1. The van der Waals surface area contributed by atoms with Crippen LogP contribution in [0.15, 0.2) is 18.2 Å². The largest absolute Gasteiger partial charge is 0.497 e.